The maximum Gasteiger partial charge on any atom is 0.161 e. The van der Waals surface area contributed by atoms with Crippen molar-refractivity contribution < 1.29 is 4.74 Å². The first-order valence-electron chi connectivity index (χ1n) is 8.76. The fraction of sp³-hybridized carbons (Fsp3) is 0.500. The molecule has 0 radical (unpaired) electrons. The summed E-state index contributed by atoms with van der Waals surface area (Å²) in [5.41, 5.74) is 3.40. The van der Waals surface area contributed by atoms with E-state index in [1.54, 1.807) is 12.4 Å². The van der Waals surface area contributed by atoms with Gasteiger partial charge in [0.25, 0.3) is 0 Å². The molecular weight excluding hydrogens is 302 g/mol. The van der Waals surface area contributed by atoms with Crippen LogP contribution in [0.15, 0.2) is 24.5 Å². The van der Waals surface area contributed by atoms with Crippen LogP contribution in [0.25, 0.3) is 11.4 Å². The summed E-state index contributed by atoms with van der Waals surface area (Å²) in [5.74, 6) is 1.74. The van der Waals surface area contributed by atoms with E-state index in [0.717, 1.165) is 74.8 Å². The van der Waals surface area contributed by atoms with Crippen molar-refractivity contribution in [3.8, 4) is 11.4 Å². The minimum absolute atomic E-state index is 0.295. The van der Waals surface area contributed by atoms with Crippen molar-refractivity contribution in [3.63, 3.8) is 0 Å². The van der Waals surface area contributed by atoms with E-state index >= 15 is 0 Å². The molecule has 0 bridgehead atoms. The van der Waals surface area contributed by atoms with Gasteiger partial charge < -0.3 is 15.4 Å². The van der Waals surface area contributed by atoms with Crippen LogP contribution in [0.5, 0.6) is 0 Å². The molecule has 0 aliphatic carbocycles. The van der Waals surface area contributed by atoms with Gasteiger partial charge >= 0.3 is 0 Å². The van der Waals surface area contributed by atoms with Gasteiger partial charge in [-0.05, 0) is 37.9 Å². The Morgan fingerprint density at radius 1 is 1.17 bits per heavy atom. The number of anilines is 1. The standard InChI is InChI=1S/C18H23N5O/c1-2-14(24-11-1)12-21-18-15-5-9-20-10-6-16(15)22-17(23-18)13-3-7-19-8-4-13/h3-4,7-8,14,20H,1-2,5-6,9-12H2,(H,21,22,23). The van der Waals surface area contributed by atoms with Gasteiger partial charge in [0.2, 0.25) is 0 Å². The number of hydrogen-bond acceptors (Lipinski definition) is 6. The maximum absolute atomic E-state index is 5.73. The largest absolute Gasteiger partial charge is 0.376 e. The Morgan fingerprint density at radius 3 is 2.88 bits per heavy atom. The quantitative estimate of drug-likeness (QED) is 0.893. The molecule has 4 rings (SSSR count). The summed E-state index contributed by atoms with van der Waals surface area (Å²) in [6.07, 6.45) is 8.03. The summed E-state index contributed by atoms with van der Waals surface area (Å²) in [7, 11) is 0. The molecule has 1 unspecified atom stereocenters. The number of aromatic nitrogens is 3. The van der Waals surface area contributed by atoms with Crippen LogP contribution >= 0.6 is 0 Å². The maximum atomic E-state index is 5.73. The first-order valence-corrected chi connectivity index (χ1v) is 8.76. The normalized spacial score (nSPS) is 20.4. The summed E-state index contributed by atoms with van der Waals surface area (Å²) < 4.78 is 5.73. The third-order valence-corrected chi connectivity index (χ3v) is 4.64. The number of hydrogen-bond donors (Lipinski definition) is 2. The van der Waals surface area contributed by atoms with Crippen molar-refractivity contribution in [3.05, 3.63) is 35.8 Å². The van der Waals surface area contributed by atoms with Crippen LogP contribution in [0.4, 0.5) is 5.82 Å². The monoisotopic (exact) mass is 325 g/mol. The predicted octanol–water partition coefficient (Wildman–Crippen LogP) is 1.82. The van der Waals surface area contributed by atoms with Crippen molar-refractivity contribution in [1.29, 1.82) is 0 Å². The van der Waals surface area contributed by atoms with E-state index < -0.39 is 0 Å². The van der Waals surface area contributed by atoms with Crippen molar-refractivity contribution in [1.82, 2.24) is 20.3 Å². The molecule has 6 heteroatoms. The lowest BCUT2D eigenvalue weighted by Crippen LogP contribution is -2.21. The molecule has 0 amide bonds. The summed E-state index contributed by atoms with van der Waals surface area (Å²) in [6, 6.07) is 3.92. The van der Waals surface area contributed by atoms with Gasteiger partial charge in [-0.3, -0.25) is 4.98 Å². The smallest absolute Gasteiger partial charge is 0.161 e. The molecule has 0 spiro atoms. The Kier molecular flexibility index (Phi) is 4.66. The number of ether oxygens (including phenoxy) is 1. The van der Waals surface area contributed by atoms with E-state index in [1.807, 2.05) is 12.1 Å². The summed E-state index contributed by atoms with van der Waals surface area (Å²) >= 11 is 0. The molecule has 2 aliphatic heterocycles. The molecule has 2 N–H and O–H groups in total. The average molecular weight is 325 g/mol. The zero-order valence-electron chi connectivity index (χ0n) is 13.8. The van der Waals surface area contributed by atoms with Gasteiger partial charge in [-0.2, -0.15) is 0 Å². The number of rotatable bonds is 4. The Morgan fingerprint density at radius 2 is 2.04 bits per heavy atom. The molecule has 0 saturated carbocycles. The van der Waals surface area contributed by atoms with Gasteiger partial charge in [0.05, 0.1) is 11.8 Å². The van der Waals surface area contributed by atoms with E-state index in [4.69, 9.17) is 14.7 Å². The average Bonchev–Trinajstić information content (AvgIpc) is 3.04. The highest BCUT2D eigenvalue weighted by Gasteiger charge is 2.20. The fourth-order valence-electron chi connectivity index (χ4n) is 3.34. The molecule has 0 aromatic carbocycles. The second kappa shape index (κ2) is 7.23. The number of nitrogens with zero attached hydrogens (tertiary/aromatic N) is 3. The second-order valence-electron chi connectivity index (χ2n) is 6.32. The molecule has 1 fully saturated rings. The lowest BCUT2D eigenvalue weighted by molar-refractivity contribution is 0.120. The first-order chi connectivity index (χ1) is 11.9. The molecule has 24 heavy (non-hydrogen) atoms. The number of nitrogens with one attached hydrogen (secondary N) is 2. The van der Waals surface area contributed by atoms with Crippen molar-refractivity contribution >= 4 is 5.82 Å². The van der Waals surface area contributed by atoms with Crippen LogP contribution < -0.4 is 10.6 Å². The SMILES string of the molecule is c1cc(-c2nc3c(c(NCC4CCCO4)n2)CCNCC3)ccn1. The van der Waals surface area contributed by atoms with E-state index in [2.05, 4.69) is 15.6 Å². The van der Waals surface area contributed by atoms with Crippen LogP contribution in [0, 0.1) is 0 Å². The van der Waals surface area contributed by atoms with Gasteiger partial charge in [-0.1, -0.05) is 0 Å². The molecule has 2 aromatic rings. The van der Waals surface area contributed by atoms with E-state index in [9.17, 15) is 0 Å². The Balaban J connectivity index is 1.66. The summed E-state index contributed by atoms with van der Waals surface area (Å²) in [5, 5.41) is 6.98. The Labute approximate surface area is 142 Å². The molecule has 2 aromatic heterocycles. The van der Waals surface area contributed by atoms with Crippen LogP contribution in [-0.4, -0.2) is 47.3 Å². The van der Waals surface area contributed by atoms with E-state index in [1.165, 1.54) is 5.56 Å². The lowest BCUT2D eigenvalue weighted by Gasteiger charge is -2.17. The highest BCUT2D eigenvalue weighted by Crippen LogP contribution is 2.25. The van der Waals surface area contributed by atoms with E-state index in [-0.39, 0.29) is 0 Å². The third kappa shape index (κ3) is 3.39. The Hall–Kier alpha value is -2.05. The molecule has 126 valence electrons. The zero-order chi connectivity index (χ0) is 16.2. The molecule has 1 atom stereocenters. The number of fused-ring (bicyclic) bond motifs is 1. The van der Waals surface area contributed by atoms with Gasteiger partial charge in [0.1, 0.15) is 5.82 Å². The van der Waals surface area contributed by atoms with Gasteiger partial charge in [-0.25, -0.2) is 9.97 Å². The van der Waals surface area contributed by atoms with Gasteiger partial charge in [0, 0.05) is 49.6 Å². The molecule has 4 heterocycles. The van der Waals surface area contributed by atoms with Crippen LogP contribution in [0.2, 0.25) is 0 Å². The molecule has 1 saturated heterocycles. The number of pyridine rings is 1. The molecule has 6 nitrogen and oxygen atoms in total. The lowest BCUT2D eigenvalue weighted by atomic mass is 10.1. The van der Waals surface area contributed by atoms with Gasteiger partial charge in [0.15, 0.2) is 5.82 Å². The van der Waals surface area contributed by atoms with Crippen molar-refractivity contribution in [2.24, 2.45) is 0 Å². The van der Waals surface area contributed by atoms with E-state index in [0.29, 0.717) is 6.10 Å². The first kappa shape index (κ1) is 15.5. The highest BCUT2D eigenvalue weighted by molar-refractivity contribution is 5.59. The predicted molar refractivity (Wildman–Crippen MR) is 93.0 cm³/mol. The topological polar surface area (TPSA) is 72.0 Å². The minimum Gasteiger partial charge on any atom is -0.376 e. The van der Waals surface area contributed by atoms with Crippen LogP contribution in [0.1, 0.15) is 24.1 Å². The summed E-state index contributed by atoms with van der Waals surface area (Å²) in [6.45, 7) is 3.62. The van der Waals surface area contributed by atoms with Crippen molar-refractivity contribution in [2.75, 3.05) is 31.6 Å². The van der Waals surface area contributed by atoms with Gasteiger partial charge in [-0.15, -0.1) is 0 Å². The van der Waals surface area contributed by atoms with Crippen LogP contribution in [0.3, 0.4) is 0 Å². The Bertz CT molecular complexity index is 685. The minimum atomic E-state index is 0.295. The third-order valence-electron chi connectivity index (χ3n) is 4.64. The zero-order valence-corrected chi connectivity index (χ0v) is 13.8. The fourth-order valence-corrected chi connectivity index (χ4v) is 3.34. The summed E-state index contributed by atoms with van der Waals surface area (Å²) in [4.78, 5) is 13.7. The molecular formula is C18H23N5O. The highest BCUT2D eigenvalue weighted by atomic mass is 16.5. The molecule has 2 aliphatic rings. The van der Waals surface area contributed by atoms with Crippen LogP contribution in [-0.2, 0) is 17.6 Å². The second-order valence-corrected chi connectivity index (χ2v) is 6.32. The van der Waals surface area contributed by atoms with Crippen molar-refractivity contribution in [2.45, 2.75) is 31.8 Å².